The molecule has 2 N–H and O–H groups in total. The van der Waals surface area contributed by atoms with Crippen LogP contribution in [-0.2, 0) is 0 Å². The maximum absolute atomic E-state index is 12.1. The number of phenols is 1. The van der Waals surface area contributed by atoms with Crippen LogP contribution in [0.3, 0.4) is 0 Å². The predicted octanol–water partition coefficient (Wildman–Crippen LogP) is 4.26. The number of aromatic hydroxyl groups is 1. The highest BCUT2D eigenvalue weighted by molar-refractivity contribution is 6.40. The molecule has 0 radical (unpaired) electrons. The van der Waals surface area contributed by atoms with Gasteiger partial charge in [0.25, 0.3) is 5.91 Å². The molecule has 0 fully saturated rings. The molecule has 0 aliphatic rings. The van der Waals surface area contributed by atoms with Crippen LogP contribution >= 0.6 is 23.2 Å². The van der Waals surface area contributed by atoms with E-state index in [1.165, 1.54) is 6.07 Å². The van der Waals surface area contributed by atoms with Gasteiger partial charge < -0.3 is 10.4 Å². The number of halogens is 2. The first kappa shape index (κ1) is 13.7. The third kappa shape index (κ3) is 3.00. The molecule has 0 bridgehead atoms. The van der Waals surface area contributed by atoms with E-state index in [1.54, 1.807) is 30.3 Å². The van der Waals surface area contributed by atoms with Crippen LogP contribution in [0.1, 0.15) is 15.9 Å². The summed E-state index contributed by atoms with van der Waals surface area (Å²) >= 11 is 11.9. The first-order valence-electron chi connectivity index (χ1n) is 5.54. The number of nitrogens with one attached hydrogen (secondary N) is 1. The van der Waals surface area contributed by atoms with E-state index >= 15 is 0 Å². The molecule has 0 saturated carbocycles. The summed E-state index contributed by atoms with van der Waals surface area (Å²) in [6, 6.07) is 9.71. The number of anilines is 1. The zero-order valence-corrected chi connectivity index (χ0v) is 11.6. The van der Waals surface area contributed by atoms with Crippen LogP contribution in [0.5, 0.6) is 5.75 Å². The zero-order valence-electron chi connectivity index (χ0n) is 10.1. The molecule has 2 aromatic carbocycles. The molecule has 0 atom stereocenters. The molecule has 98 valence electrons. The number of rotatable bonds is 2. The Kier molecular flexibility index (Phi) is 3.98. The van der Waals surface area contributed by atoms with E-state index in [4.69, 9.17) is 23.2 Å². The SMILES string of the molecule is Cc1ccc(O)c(C(=O)Nc2c(Cl)cccc2Cl)c1. The molecular formula is C14H11Cl2NO2. The van der Waals surface area contributed by atoms with Gasteiger partial charge in [0, 0.05) is 0 Å². The highest BCUT2D eigenvalue weighted by Gasteiger charge is 2.14. The van der Waals surface area contributed by atoms with Gasteiger partial charge in [0.15, 0.2) is 0 Å². The lowest BCUT2D eigenvalue weighted by molar-refractivity contribution is 0.102. The van der Waals surface area contributed by atoms with Crippen molar-refractivity contribution in [3.8, 4) is 5.75 Å². The smallest absolute Gasteiger partial charge is 0.259 e. The summed E-state index contributed by atoms with van der Waals surface area (Å²) in [6.07, 6.45) is 0. The topological polar surface area (TPSA) is 49.3 Å². The summed E-state index contributed by atoms with van der Waals surface area (Å²) in [5, 5.41) is 13.0. The third-order valence-electron chi connectivity index (χ3n) is 2.60. The van der Waals surface area contributed by atoms with Crippen LogP contribution < -0.4 is 5.32 Å². The molecule has 0 saturated heterocycles. The Hall–Kier alpha value is -1.71. The number of carbonyl (C=O) groups excluding carboxylic acids is 1. The Morgan fingerprint density at radius 3 is 2.42 bits per heavy atom. The van der Waals surface area contributed by atoms with Gasteiger partial charge in [-0.05, 0) is 31.2 Å². The van der Waals surface area contributed by atoms with Gasteiger partial charge in [0.1, 0.15) is 5.75 Å². The Morgan fingerprint density at radius 1 is 1.16 bits per heavy atom. The molecule has 0 spiro atoms. The van der Waals surface area contributed by atoms with Gasteiger partial charge in [-0.15, -0.1) is 0 Å². The molecule has 0 aromatic heterocycles. The second kappa shape index (κ2) is 5.51. The molecule has 2 aromatic rings. The number of carbonyl (C=O) groups is 1. The van der Waals surface area contributed by atoms with E-state index in [1.807, 2.05) is 6.92 Å². The van der Waals surface area contributed by atoms with Crippen LogP contribution in [0, 0.1) is 6.92 Å². The van der Waals surface area contributed by atoms with E-state index in [0.717, 1.165) is 5.56 Å². The molecule has 0 aliphatic heterocycles. The molecule has 2 rings (SSSR count). The van der Waals surface area contributed by atoms with Crippen LogP contribution in [0.15, 0.2) is 36.4 Å². The van der Waals surface area contributed by atoms with Crippen molar-refractivity contribution >= 4 is 34.8 Å². The highest BCUT2D eigenvalue weighted by Crippen LogP contribution is 2.31. The molecule has 3 nitrogen and oxygen atoms in total. The van der Waals surface area contributed by atoms with Crippen LogP contribution in [0.2, 0.25) is 10.0 Å². The third-order valence-corrected chi connectivity index (χ3v) is 3.23. The summed E-state index contributed by atoms with van der Waals surface area (Å²) in [5.74, 6) is -0.553. The number of amides is 1. The summed E-state index contributed by atoms with van der Waals surface area (Å²) in [7, 11) is 0. The lowest BCUT2D eigenvalue weighted by atomic mass is 10.1. The largest absolute Gasteiger partial charge is 0.507 e. The average molecular weight is 296 g/mol. The van der Waals surface area contributed by atoms with Gasteiger partial charge in [-0.25, -0.2) is 0 Å². The summed E-state index contributed by atoms with van der Waals surface area (Å²) in [5.41, 5.74) is 1.38. The Bertz CT molecular complexity index is 621. The fourth-order valence-corrected chi connectivity index (χ4v) is 2.12. The van der Waals surface area contributed by atoms with Crippen LogP contribution in [-0.4, -0.2) is 11.0 Å². The minimum absolute atomic E-state index is 0.0914. The summed E-state index contributed by atoms with van der Waals surface area (Å²) in [4.78, 5) is 12.1. The highest BCUT2D eigenvalue weighted by atomic mass is 35.5. The van der Waals surface area contributed by atoms with Crippen molar-refractivity contribution in [1.29, 1.82) is 0 Å². The van der Waals surface area contributed by atoms with Crippen molar-refractivity contribution in [3.05, 3.63) is 57.6 Å². The molecule has 0 aliphatic carbocycles. The Morgan fingerprint density at radius 2 is 1.79 bits per heavy atom. The minimum Gasteiger partial charge on any atom is -0.507 e. The normalized spacial score (nSPS) is 10.3. The first-order chi connectivity index (χ1) is 8.99. The molecule has 0 unspecified atom stereocenters. The second-order valence-corrected chi connectivity index (χ2v) is 4.89. The molecule has 5 heteroatoms. The van der Waals surface area contributed by atoms with E-state index < -0.39 is 5.91 Å². The van der Waals surface area contributed by atoms with Gasteiger partial charge >= 0.3 is 0 Å². The second-order valence-electron chi connectivity index (χ2n) is 4.07. The Balaban J connectivity index is 2.34. The lowest BCUT2D eigenvalue weighted by Gasteiger charge is -2.10. The standard InChI is InChI=1S/C14H11Cl2NO2/c1-8-5-6-12(18)9(7-8)14(19)17-13-10(15)3-2-4-11(13)16/h2-7,18H,1H3,(H,17,19). The van der Waals surface area contributed by atoms with Crippen molar-refractivity contribution < 1.29 is 9.90 Å². The maximum atomic E-state index is 12.1. The number of hydrogen-bond acceptors (Lipinski definition) is 2. The quantitative estimate of drug-likeness (QED) is 0.870. The molecule has 19 heavy (non-hydrogen) atoms. The Labute approximate surface area is 120 Å². The van der Waals surface area contributed by atoms with Crippen molar-refractivity contribution in [2.75, 3.05) is 5.32 Å². The van der Waals surface area contributed by atoms with Gasteiger partial charge in [-0.1, -0.05) is 40.9 Å². The van der Waals surface area contributed by atoms with Gasteiger partial charge in [0.2, 0.25) is 0 Å². The van der Waals surface area contributed by atoms with Gasteiger partial charge in [-0.3, -0.25) is 4.79 Å². The van der Waals surface area contributed by atoms with Crippen LogP contribution in [0.4, 0.5) is 5.69 Å². The average Bonchev–Trinajstić information content (AvgIpc) is 2.37. The maximum Gasteiger partial charge on any atom is 0.259 e. The summed E-state index contributed by atoms with van der Waals surface area (Å²) in [6.45, 7) is 1.83. The fourth-order valence-electron chi connectivity index (χ4n) is 1.63. The van der Waals surface area contributed by atoms with Crippen molar-refractivity contribution in [2.24, 2.45) is 0 Å². The number of benzene rings is 2. The molecule has 0 heterocycles. The van der Waals surface area contributed by atoms with Crippen molar-refractivity contribution in [2.45, 2.75) is 6.92 Å². The number of phenolic OH excluding ortho intramolecular Hbond substituents is 1. The summed E-state index contributed by atoms with van der Waals surface area (Å²) < 4.78 is 0. The van der Waals surface area contributed by atoms with E-state index in [2.05, 4.69) is 5.32 Å². The van der Waals surface area contributed by atoms with Crippen LogP contribution in [0.25, 0.3) is 0 Å². The zero-order chi connectivity index (χ0) is 14.0. The van der Waals surface area contributed by atoms with E-state index in [-0.39, 0.29) is 11.3 Å². The molecule has 1 amide bonds. The number of para-hydroxylation sites is 1. The van der Waals surface area contributed by atoms with E-state index in [0.29, 0.717) is 15.7 Å². The van der Waals surface area contributed by atoms with Gasteiger partial charge in [0.05, 0.1) is 21.3 Å². The predicted molar refractivity (Wildman–Crippen MR) is 77.3 cm³/mol. The lowest BCUT2D eigenvalue weighted by Crippen LogP contribution is -2.13. The minimum atomic E-state index is -0.462. The number of aryl methyl sites for hydroxylation is 1. The first-order valence-corrected chi connectivity index (χ1v) is 6.29. The van der Waals surface area contributed by atoms with Gasteiger partial charge in [-0.2, -0.15) is 0 Å². The monoisotopic (exact) mass is 295 g/mol. The molecular weight excluding hydrogens is 285 g/mol. The number of hydrogen-bond donors (Lipinski definition) is 2. The van der Waals surface area contributed by atoms with E-state index in [9.17, 15) is 9.90 Å². The van der Waals surface area contributed by atoms with Crippen molar-refractivity contribution in [3.63, 3.8) is 0 Å². The fraction of sp³-hybridized carbons (Fsp3) is 0.0714. The van der Waals surface area contributed by atoms with Crippen molar-refractivity contribution in [1.82, 2.24) is 0 Å².